The molecule has 0 spiro atoms. The molecule has 0 unspecified atom stereocenters. The molecule has 110 valence electrons. The number of hydrogen-bond donors (Lipinski definition) is 0. The first-order valence-electron chi connectivity index (χ1n) is 7.22. The molecule has 2 aromatic rings. The van der Waals surface area contributed by atoms with Gasteiger partial charge in [-0.2, -0.15) is 0 Å². The van der Waals surface area contributed by atoms with E-state index >= 15 is 0 Å². The summed E-state index contributed by atoms with van der Waals surface area (Å²) < 4.78 is 10.5. The number of amides is 1. The smallest absolute Gasteiger partial charge is 0.294 e. The molecule has 1 aliphatic rings. The van der Waals surface area contributed by atoms with Gasteiger partial charge in [0.05, 0.1) is 13.4 Å². The lowest BCUT2D eigenvalue weighted by atomic mass is 10.1. The van der Waals surface area contributed by atoms with E-state index in [1.165, 1.54) is 19.1 Å². The summed E-state index contributed by atoms with van der Waals surface area (Å²) in [6.45, 7) is 2.10. The lowest BCUT2D eigenvalue weighted by molar-refractivity contribution is 0.0948. The molecule has 21 heavy (non-hydrogen) atoms. The summed E-state index contributed by atoms with van der Waals surface area (Å²) in [4.78, 5) is 14.6. The molecule has 1 aliphatic carbocycles. The maximum absolute atomic E-state index is 12.7. The van der Waals surface area contributed by atoms with Crippen molar-refractivity contribution < 1.29 is 13.9 Å². The van der Waals surface area contributed by atoms with Crippen molar-refractivity contribution in [1.29, 1.82) is 0 Å². The zero-order valence-corrected chi connectivity index (χ0v) is 12.3. The lowest BCUT2D eigenvalue weighted by Crippen LogP contribution is -2.40. The Bertz CT molecular complexity index is 599. The Kier molecular flexibility index (Phi) is 3.69. The minimum atomic E-state index is -0.0930. The van der Waals surface area contributed by atoms with Gasteiger partial charge in [0.1, 0.15) is 5.75 Å². The molecule has 1 aromatic carbocycles. The molecule has 0 aliphatic heterocycles. The highest BCUT2D eigenvalue weighted by Gasteiger charge is 2.36. The minimum absolute atomic E-state index is 0.0930. The maximum atomic E-state index is 12.7. The van der Waals surface area contributed by atoms with Crippen molar-refractivity contribution in [2.45, 2.75) is 25.8 Å². The van der Waals surface area contributed by atoms with Crippen LogP contribution >= 0.6 is 0 Å². The van der Waals surface area contributed by atoms with Crippen LogP contribution < -0.4 is 9.64 Å². The molecule has 1 saturated carbocycles. The summed E-state index contributed by atoms with van der Waals surface area (Å²) in [6, 6.07) is 11.2. The van der Waals surface area contributed by atoms with Crippen LogP contribution in [0.1, 0.15) is 30.3 Å². The van der Waals surface area contributed by atoms with Gasteiger partial charge in [-0.15, -0.1) is 0 Å². The number of carbonyl (C=O) groups is 1. The second kappa shape index (κ2) is 5.64. The number of ether oxygens (including phenoxy) is 1. The van der Waals surface area contributed by atoms with Gasteiger partial charge in [0, 0.05) is 11.7 Å². The Morgan fingerprint density at radius 3 is 2.52 bits per heavy atom. The number of rotatable bonds is 5. The third-order valence-corrected chi connectivity index (χ3v) is 4.01. The summed E-state index contributed by atoms with van der Waals surface area (Å²) in [7, 11) is 1.63. The molecule has 1 heterocycles. The summed E-state index contributed by atoms with van der Waals surface area (Å²) in [5.74, 6) is 1.64. The Morgan fingerprint density at radius 1 is 1.29 bits per heavy atom. The van der Waals surface area contributed by atoms with Crippen LogP contribution in [0.25, 0.3) is 0 Å². The topological polar surface area (TPSA) is 42.7 Å². The van der Waals surface area contributed by atoms with Gasteiger partial charge in [-0.3, -0.25) is 4.79 Å². The second-order valence-corrected chi connectivity index (χ2v) is 5.43. The van der Waals surface area contributed by atoms with Gasteiger partial charge < -0.3 is 14.1 Å². The van der Waals surface area contributed by atoms with Crippen molar-refractivity contribution in [3.05, 3.63) is 48.4 Å². The number of anilines is 1. The molecule has 0 bridgehead atoms. The largest absolute Gasteiger partial charge is 0.497 e. The van der Waals surface area contributed by atoms with Crippen molar-refractivity contribution in [3.63, 3.8) is 0 Å². The van der Waals surface area contributed by atoms with Gasteiger partial charge in [-0.05, 0) is 62.1 Å². The molecular weight excluding hydrogens is 266 g/mol. The second-order valence-electron chi connectivity index (χ2n) is 5.43. The van der Waals surface area contributed by atoms with E-state index < -0.39 is 0 Å². The molecule has 0 radical (unpaired) electrons. The molecule has 1 aromatic heterocycles. The van der Waals surface area contributed by atoms with Crippen LogP contribution in [0, 0.1) is 5.92 Å². The number of hydrogen-bond acceptors (Lipinski definition) is 3. The van der Waals surface area contributed by atoms with Crippen LogP contribution in [0.15, 0.2) is 47.1 Å². The van der Waals surface area contributed by atoms with E-state index in [0.717, 1.165) is 11.4 Å². The maximum Gasteiger partial charge on any atom is 0.294 e. The predicted molar refractivity (Wildman–Crippen MR) is 80.7 cm³/mol. The molecule has 1 amide bonds. The van der Waals surface area contributed by atoms with Gasteiger partial charge >= 0.3 is 0 Å². The van der Waals surface area contributed by atoms with Crippen LogP contribution in [-0.4, -0.2) is 19.1 Å². The molecule has 3 rings (SSSR count). The van der Waals surface area contributed by atoms with Crippen LogP contribution in [0.5, 0.6) is 5.75 Å². The molecule has 1 fully saturated rings. The van der Waals surface area contributed by atoms with Gasteiger partial charge in [0.2, 0.25) is 0 Å². The highest BCUT2D eigenvalue weighted by Crippen LogP contribution is 2.37. The van der Waals surface area contributed by atoms with E-state index in [1.54, 1.807) is 19.2 Å². The highest BCUT2D eigenvalue weighted by molar-refractivity contribution is 6.04. The molecular formula is C17H19NO3. The quantitative estimate of drug-likeness (QED) is 0.840. The van der Waals surface area contributed by atoms with E-state index in [4.69, 9.17) is 9.15 Å². The molecule has 1 atom stereocenters. The van der Waals surface area contributed by atoms with Crippen LogP contribution in [0.2, 0.25) is 0 Å². The lowest BCUT2D eigenvalue weighted by Gasteiger charge is -2.29. The Balaban J connectivity index is 1.92. The number of benzene rings is 1. The summed E-state index contributed by atoms with van der Waals surface area (Å²) in [6.07, 6.45) is 3.89. The monoisotopic (exact) mass is 285 g/mol. The van der Waals surface area contributed by atoms with Crippen molar-refractivity contribution in [1.82, 2.24) is 0 Å². The third kappa shape index (κ3) is 2.79. The Morgan fingerprint density at radius 2 is 2.00 bits per heavy atom. The molecule has 4 nitrogen and oxygen atoms in total. The van der Waals surface area contributed by atoms with E-state index in [0.29, 0.717) is 11.7 Å². The van der Waals surface area contributed by atoms with Crippen LogP contribution in [0.3, 0.4) is 0 Å². The van der Waals surface area contributed by atoms with Crippen LogP contribution in [-0.2, 0) is 0 Å². The van der Waals surface area contributed by atoms with Crippen molar-refractivity contribution in [2.24, 2.45) is 5.92 Å². The van der Waals surface area contributed by atoms with Gasteiger partial charge in [0.15, 0.2) is 5.76 Å². The molecule has 4 heteroatoms. The summed E-state index contributed by atoms with van der Waals surface area (Å²) in [5.41, 5.74) is 0.872. The Labute approximate surface area is 124 Å². The SMILES string of the molecule is COc1ccc(N(C(=O)c2ccco2)[C@H](C)C2CC2)cc1. The van der Waals surface area contributed by atoms with E-state index in [2.05, 4.69) is 6.92 Å². The fraction of sp³-hybridized carbons (Fsp3) is 0.353. The molecule has 0 N–H and O–H groups in total. The number of nitrogens with zero attached hydrogens (tertiary/aromatic N) is 1. The summed E-state index contributed by atoms with van der Waals surface area (Å²) >= 11 is 0. The highest BCUT2D eigenvalue weighted by atomic mass is 16.5. The normalized spacial score (nSPS) is 15.5. The van der Waals surface area contributed by atoms with E-state index in [9.17, 15) is 4.79 Å². The fourth-order valence-corrected chi connectivity index (χ4v) is 2.59. The third-order valence-electron chi connectivity index (χ3n) is 4.01. The average Bonchev–Trinajstić information content (AvgIpc) is 3.22. The van der Waals surface area contributed by atoms with Crippen molar-refractivity contribution >= 4 is 11.6 Å². The average molecular weight is 285 g/mol. The van der Waals surface area contributed by atoms with Crippen LogP contribution in [0.4, 0.5) is 5.69 Å². The summed E-state index contributed by atoms with van der Waals surface area (Å²) in [5, 5.41) is 0. The van der Waals surface area contributed by atoms with E-state index in [-0.39, 0.29) is 11.9 Å². The number of furan rings is 1. The van der Waals surface area contributed by atoms with Crippen molar-refractivity contribution in [2.75, 3.05) is 12.0 Å². The minimum Gasteiger partial charge on any atom is -0.497 e. The zero-order valence-electron chi connectivity index (χ0n) is 12.3. The van der Waals surface area contributed by atoms with Crippen molar-refractivity contribution in [3.8, 4) is 5.75 Å². The first-order valence-corrected chi connectivity index (χ1v) is 7.22. The standard InChI is InChI=1S/C17H19NO3/c1-12(13-5-6-13)18(17(19)16-4-3-11-21-16)14-7-9-15(20-2)10-8-14/h3-4,7-13H,5-6H2,1-2H3/t12-/m1/s1. The van der Waals surface area contributed by atoms with Gasteiger partial charge in [0.25, 0.3) is 5.91 Å². The first kappa shape index (κ1) is 13.7. The van der Waals surface area contributed by atoms with Gasteiger partial charge in [-0.25, -0.2) is 0 Å². The Hall–Kier alpha value is -2.23. The fourth-order valence-electron chi connectivity index (χ4n) is 2.59. The van der Waals surface area contributed by atoms with E-state index in [1.807, 2.05) is 29.2 Å². The zero-order chi connectivity index (χ0) is 14.8. The van der Waals surface area contributed by atoms with Gasteiger partial charge in [-0.1, -0.05) is 0 Å². The molecule has 0 saturated heterocycles. The number of carbonyl (C=O) groups excluding carboxylic acids is 1. The first-order chi connectivity index (χ1) is 10.2. The predicted octanol–water partition coefficient (Wildman–Crippen LogP) is 3.73. The number of methoxy groups -OCH3 is 1.